The second kappa shape index (κ2) is 4.56. The second-order valence-corrected chi connectivity index (χ2v) is 5.18. The summed E-state index contributed by atoms with van der Waals surface area (Å²) in [5.74, 6) is 0. The summed E-state index contributed by atoms with van der Waals surface area (Å²) in [5, 5.41) is 3.69. The van der Waals surface area contributed by atoms with Crippen molar-refractivity contribution < 1.29 is 0 Å². The summed E-state index contributed by atoms with van der Waals surface area (Å²) < 4.78 is 0. The van der Waals surface area contributed by atoms with E-state index in [-0.39, 0.29) is 5.54 Å². The van der Waals surface area contributed by atoms with Crippen LogP contribution in [0.25, 0.3) is 0 Å². The van der Waals surface area contributed by atoms with Gasteiger partial charge in [0.2, 0.25) is 0 Å². The van der Waals surface area contributed by atoms with Crippen LogP contribution in [-0.2, 0) is 5.54 Å². The van der Waals surface area contributed by atoms with Gasteiger partial charge in [-0.1, -0.05) is 30.3 Å². The molecule has 2 nitrogen and oxygen atoms in total. The van der Waals surface area contributed by atoms with Crippen LogP contribution in [0.15, 0.2) is 30.3 Å². The maximum atomic E-state index is 3.69. The third-order valence-corrected chi connectivity index (χ3v) is 3.81. The minimum Gasteiger partial charge on any atom is -0.306 e. The van der Waals surface area contributed by atoms with E-state index in [0.717, 1.165) is 13.1 Å². The minimum atomic E-state index is 0.0841. The summed E-state index contributed by atoms with van der Waals surface area (Å²) in [6, 6.07) is 11.4. The summed E-state index contributed by atoms with van der Waals surface area (Å²) in [7, 11) is 2.22. The quantitative estimate of drug-likeness (QED) is 0.777. The molecule has 0 spiro atoms. The third-order valence-electron chi connectivity index (χ3n) is 3.81. The molecule has 1 aromatic carbocycles. The monoisotopic (exact) mass is 218 g/mol. The van der Waals surface area contributed by atoms with Crippen LogP contribution in [0.1, 0.15) is 25.8 Å². The Labute approximate surface area is 98.7 Å². The zero-order valence-electron chi connectivity index (χ0n) is 10.5. The van der Waals surface area contributed by atoms with E-state index in [9.17, 15) is 0 Å². The Kier molecular flexibility index (Phi) is 3.31. The van der Waals surface area contributed by atoms with Crippen LogP contribution in [0.5, 0.6) is 0 Å². The molecule has 0 radical (unpaired) electrons. The van der Waals surface area contributed by atoms with Crippen LogP contribution in [0, 0.1) is 0 Å². The van der Waals surface area contributed by atoms with Crippen molar-refractivity contribution in [1.29, 1.82) is 0 Å². The summed E-state index contributed by atoms with van der Waals surface area (Å²) in [6.45, 7) is 6.77. The molecule has 1 aromatic rings. The molecule has 16 heavy (non-hydrogen) atoms. The maximum absolute atomic E-state index is 3.69. The highest BCUT2D eigenvalue weighted by molar-refractivity contribution is 5.24. The maximum Gasteiger partial charge on any atom is 0.0534 e. The highest BCUT2D eigenvalue weighted by Gasteiger charge is 2.31. The number of likely N-dealkylation sites (N-methyl/N-ethyl adjacent to an activating group) is 1. The fourth-order valence-corrected chi connectivity index (χ4v) is 2.49. The van der Waals surface area contributed by atoms with Crippen molar-refractivity contribution in [2.45, 2.75) is 31.8 Å². The Bertz CT molecular complexity index is 336. The number of benzene rings is 1. The molecule has 0 saturated carbocycles. The van der Waals surface area contributed by atoms with Crippen molar-refractivity contribution in [2.75, 3.05) is 20.1 Å². The SMILES string of the molecule is CC1CCNC(C)(c2ccccc2)CN1C. The van der Waals surface area contributed by atoms with E-state index >= 15 is 0 Å². The molecule has 88 valence electrons. The van der Waals surface area contributed by atoms with Crippen molar-refractivity contribution in [2.24, 2.45) is 0 Å². The molecule has 0 aromatic heterocycles. The van der Waals surface area contributed by atoms with Gasteiger partial charge in [-0.2, -0.15) is 0 Å². The Balaban J connectivity index is 2.24. The van der Waals surface area contributed by atoms with E-state index in [4.69, 9.17) is 0 Å². The van der Waals surface area contributed by atoms with Crippen molar-refractivity contribution in [3.63, 3.8) is 0 Å². The largest absolute Gasteiger partial charge is 0.306 e. The van der Waals surface area contributed by atoms with Gasteiger partial charge in [-0.3, -0.25) is 0 Å². The Morgan fingerprint density at radius 3 is 2.69 bits per heavy atom. The predicted octanol–water partition coefficient (Wildman–Crippen LogP) is 2.22. The van der Waals surface area contributed by atoms with Crippen LogP contribution in [0.3, 0.4) is 0 Å². The smallest absolute Gasteiger partial charge is 0.0534 e. The number of nitrogens with one attached hydrogen (secondary N) is 1. The lowest BCUT2D eigenvalue weighted by atomic mass is 9.91. The van der Waals surface area contributed by atoms with Crippen LogP contribution in [0.2, 0.25) is 0 Å². The molecular formula is C14H22N2. The van der Waals surface area contributed by atoms with Crippen molar-refractivity contribution in [3.8, 4) is 0 Å². The fraction of sp³-hybridized carbons (Fsp3) is 0.571. The lowest BCUT2D eigenvalue weighted by Gasteiger charge is -2.33. The molecule has 2 unspecified atom stereocenters. The highest BCUT2D eigenvalue weighted by Crippen LogP contribution is 2.24. The van der Waals surface area contributed by atoms with Crippen LogP contribution < -0.4 is 5.32 Å². The molecule has 0 bridgehead atoms. The number of hydrogen-bond acceptors (Lipinski definition) is 2. The third kappa shape index (κ3) is 2.28. The Morgan fingerprint density at radius 2 is 2.00 bits per heavy atom. The van der Waals surface area contributed by atoms with Crippen LogP contribution >= 0.6 is 0 Å². The van der Waals surface area contributed by atoms with E-state index in [1.807, 2.05) is 0 Å². The molecule has 1 N–H and O–H groups in total. The minimum absolute atomic E-state index is 0.0841. The van der Waals surface area contributed by atoms with Gasteiger partial charge in [-0.05, 0) is 39.4 Å². The first-order valence-corrected chi connectivity index (χ1v) is 6.13. The zero-order chi connectivity index (χ0) is 11.6. The summed E-state index contributed by atoms with van der Waals surface area (Å²) in [4.78, 5) is 2.45. The van der Waals surface area contributed by atoms with Gasteiger partial charge in [-0.15, -0.1) is 0 Å². The van der Waals surface area contributed by atoms with Crippen LogP contribution in [0.4, 0.5) is 0 Å². The van der Waals surface area contributed by atoms with E-state index in [1.165, 1.54) is 12.0 Å². The van der Waals surface area contributed by atoms with E-state index in [2.05, 4.69) is 61.4 Å². The first-order chi connectivity index (χ1) is 7.62. The molecule has 0 aliphatic carbocycles. The number of nitrogens with zero attached hydrogens (tertiary/aromatic N) is 1. The topological polar surface area (TPSA) is 15.3 Å². The molecular weight excluding hydrogens is 196 g/mol. The van der Waals surface area contributed by atoms with Gasteiger partial charge in [0.15, 0.2) is 0 Å². The lowest BCUT2D eigenvalue weighted by Crippen LogP contribution is -2.46. The summed E-state index contributed by atoms with van der Waals surface area (Å²) >= 11 is 0. The molecule has 1 heterocycles. The van der Waals surface area contributed by atoms with Crippen molar-refractivity contribution in [1.82, 2.24) is 10.2 Å². The fourth-order valence-electron chi connectivity index (χ4n) is 2.49. The predicted molar refractivity (Wildman–Crippen MR) is 68.5 cm³/mol. The van der Waals surface area contributed by atoms with Crippen molar-refractivity contribution in [3.05, 3.63) is 35.9 Å². The van der Waals surface area contributed by atoms with Gasteiger partial charge in [0.05, 0.1) is 5.54 Å². The second-order valence-electron chi connectivity index (χ2n) is 5.18. The first-order valence-electron chi connectivity index (χ1n) is 6.13. The molecule has 1 aliphatic rings. The van der Waals surface area contributed by atoms with E-state index in [0.29, 0.717) is 6.04 Å². The standard InChI is InChI=1S/C14H22N2/c1-12-9-10-15-14(2,11-16(12)3)13-7-5-4-6-8-13/h4-8,12,15H,9-11H2,1-3H3. The molecule has 2 atom stereocenters. The average molecular weight is 218 g/mol. The summed E-state index contributed by atoms with van der Waals surface area (Å²) in [6.07, 6.45) is 1.22. The van der Waals surface area contributed by atoms with Gasteiger partial charge in [0.1, 0.15) is 0 Å². The normalized spacial score (nSPS) is 32.3. The molecule has 1 aliphatic heterocycles. The molecule has 2 heteroatoms. The Morgan fingerprint density at radius 1 is 1.31 bits per heavy atom. The van der Waals surface area contributed by atoms with Gasteiger partial charge in [-0.25, -0.2) is 0 Å². The molecule has 2 rings (SSSR count). The number of rotatable bonds is 1. The van der Waals surface area contributed by atoms with E-state index < -0.39 is 0 Å². The van der Waals surface area contributed by atoms with Gasteiger partial charge in [0.25, 0.3) is 0 Å². The molecule has 1 fully saturated rings. The van der Waals surface area contributed by atoms with E-state index in [1.54, 1.807) is 0 Å². The first kappa shape index (κ1) is 11.6. The summed E-state index contributed by atoms with van der Waals surface area (Å²) in [5.41, 5.74) is 1.47. The van der Waals surface area contributed by atoms with Gasteiger partial charge >= 0.3 is 0 Å². The van der Waals surface area contributed by atoms with Crippen molar-refractivity contribution >= 4 is 0 Å². The zero-order valence-corrected chi connectivity index (χ0v) is 10.5. The lowest BCUT2D eigenvalue weighted by molar-refractivity contribution is 0.213. The highest BCUT2D eigenvalue weighted by atomic mass is 15.2. The molecule has 1 saturated heterocycles. The number of hydrogen-bond donors (Lipinski definition) is 1. The molecule has 0 amide bonds. The van der Waals surface area contributed by atoms with Gasteiger partial charge < -0.3 is 10.2 Å². The van der Waals surface area contributed by atoms with Gasteiger partial charge in [0, 0.05) is 12.6 Å². The Hall–Kier alpha value is -0.860. The average Bonchev–Trinajstić information content (AvgIpc) is 2.41. The van der Waals surface area contributed by atoms with Crippen LogP contribution in [-0.4, -0.2) is 31.1 Å².